The van der Waals surface area contributed by atoms with E-state index in [-0.39, 0.29) is 19.0 Å². The third-order valence-corrected chi connectivity index (χ3v) is 2.00. The molecule has 0 atom stereocenters. The average Bonchev–Trinajstić information content (AvgIpc) is 2.14. The Bertz CT molecular complexity index is 110. The monoisotopic (exact) mass is 210 g/mol. The normalized spacial score (nSPS) is 18.2. The molecule has 1 rings (SSSR count). The fourth-order valence-corrected chi connectivity index (χ4v) is 1.30. The summed E-state index contributed by atoms with van der Waals surface area (Å²) in [5, 5.41) is 11.7. The van der Waals surface area contributed by atoms with Crippen molar-refractivity contribution < 1.29 is 9.84 Å². The molecule has 1 aliphatic heterocycles. The molecule has 0 radical (unpaired) electrons. The summed E-state index contributed by atoms with van der Waals surface area (Å²) < 4.78 is 5.17. The number of nitrogens with one attached hydrogen (secondary N) is 1. The Morgan fingerprint density at radius 3 is 2.54 bits per heavy atom. The summed E-state index contributed by atoms with van der Waals surface area (Å²) in [6.45, 7) is 6.71. The van der Waals surface area contributed by atoms with Crippen LogP contribution in [0.4, 0.5) is 0 Å². The minimum atomic E-state index is 0. The Hall–Kier alpha value is 0.130. The molecule has 0 bridgehead atoms. The maximum absolute atomic E-state index is 8.45. The zero-order valence-electron chi connectivity index (χ0n) is 7.87. The summed E-state index contributed by atoms with van der Waals surface area (Å²) in [6, 6.07) is 0. The van der Waals surface area contributed by atoms with Crippen molar-refractivity contribution in [1.29, 1.82) is 0 Å². The van der Waals surface area contributed by atoms with Crippen LogP contribution < -0.4 is 5.32 Å². The number of hydrogen-bond acceptors (Lipinski definition) is 4. The maximum Gasteiger partial charge on any atom is 0.0698 e. The van der Waals surface area contributed by atoms with E-state index in [2.05, 4.69) is 10.2 Å². The Kier molecular flexibility index (Phi) is 8.80. The van der Waals surface area contributed by atoms with Gasteiger partial charge in [0.15, 0.2) is 0 Å². The molecule has 0 unspecified atom stereocenters. The first-order valence-corrected chi connectivity index (χ1v) is 4.55. The number of aliphatic hydroxyl groups is 1. The lowest BCUT2D eigenvalue weighted by Crippen LogP contribution is -2.44. The van der Waals surface area contributed by atoms with Crippen LogP contribution in [-0.2, 0) is 4.74 Å². The fourth-order valence-electron chi connectivity index (χ4n) is 1.30. The van der Waals surface area contributed by atoms with Crippen molar-refractivity contribution in [2.75, 3.05) is 52.5 Å². The Morgan fingerprint density at radius 2 is 1.92 bits per heavy atom. The van der Waals surface area contributed by atoms with Crippen molar-refractivity contribution >= 4 is 12.4 Å². The molecule has 80 valence electrons. The second-order valence-corrected chi connectivity index (χ2v) is 2.93. The number of nitrogens with zero attached hydrogens (tertiary/aromatic N) is 1. The van der Waals surface area contributed by atoms with Gasteiger partial charge in [0, 0.05) is 32.7 Å². The predicted octanol–water partition coefficient (Wildman–Crippen LogP) is -0.678. The van der Waals surface area contributed by atoms with Gasteiger partial charge in [-0.05, 0) is 0 Å². The van der Waals surface area contributed by atoms with Gasteiger partial charge in [0.05, 0.1) is 19.8 Å². The molecule has 1 fully saturated rings. The van der Waals surface area contributed by atoms with Crippen molar-refractivity contribution in [1.82, 2.24) is 10.2 Å². The highest BCUT2D eigenvalue weighted by atomic mass is 35.5. The zero-order chi connectivity index (χ0) is 8.65. The number of ether oxygens (including phenoxy) is 1. The lowest BCUT2D eigenvalue weighted by molar-refractivity contribution is 0.0710. The van der Waals surface area contributed by atoms with E-state index in [9.17, 15) is 0 Å². The largest absolute Gasteiger partial charge is 0.394 e. The molecule has 1 heterocycles. The van der Waals surface area contributed by atoms with Crippen molar-refractivity contribution in [3.63, 3.8) is 0 Å². The SMILES string of the molecule is Cl.OCCOCCN1CCNCC1. The molecule has 0 aliphatic carbocycles. The van der Waals surface area contributed by atoms with Gasteiger partial charge >= 0.3 is 0 Å². The molecule has 1 saturated heterocycles. The molecule has 0 aromatic rings. The molecular weight excluding hydrogens is 192 g/mol. The number of rotatable bonds is 5. The van der Waals surface area contributed by atoms with Gasteiger partial charge in [-0.3, -0.25) is 4.90 Å². The van der Waals surface area contributed by atoms with E-state index in [0.717, 1.165) is 39.3 Å². The first kappa shape index (κ1) is 13.1. The molecular formula is C8H19ClN2O2. The van der Waals surface area contributed by atoms with Gasteiger partial charge in [-0.15, -0.1) is 12.4 Å². The average molecular weight is 211 g/mol. The van der Waals surface area contributed by atoms with Crippen LogP contribution >= 0.6 is 12.4 Å². The Labute approximate surface area is 85.7 Å². The van der Waals surface area contributed by atoms with Crippen molar-refractivity contribution in [3.8, 4) is 0 Å². The summed E-state index contributed by atoms with van der Waals surface area (Å²) in [5.41, 5.74) is 0. The van der Waals surface area contributed by atoms with Crippen LogP contribution in [0.15, 0.2) is 0 Å². The first-order chi connectivity index (χ1) is 5.93. The number of hydrogen-bond donors (Lipinski definition) is 2. The Balaban J connectivity index is 0.00000144. The second kappa shape index (κ2) is 8.72. The van der Waals surface area contributed by atoms with Crippen LogP contribution in [0.3, 0.4) is 0 Å². The predicted molar refractivity (Wildman–Crippen MR) is 54.5 cm³/mol. The molecule has 0 saturated carbocycles. The second-order valence-electron chi connectivity index (χ2n) is 2.93. The van der Waals surface area contributed by atoms with E-state index in [1.54, 1.807) is 0 Å². The van der Waals surface area contributed by atoms with E-state index in [1.165, 1.54) is 0 Å². The molecule has 1 aliphatic rings. The van der Waals surface area contributed by atoms with Gasteiger partial charge < -0.3 is 15.2 Å². The summed E-state index contributed by atoms with van der Waals surface area (Å²) >= 11 is 0. The summed E-state index contributed by atoms with van der Waals surface area (Å²) in [7, 11) is 0. The van der Waals surface area contributed by atoms with Gasteiger partial charge in [0.1, 0.15) is 0 Å². The Morgan fingerprint density at radius 1 is 1.23 bits per heavy atom. The van der Waals surface area contributed by atoms with E-state index in [1.807, 2.05) is 0 Å². The zero-order valence-corrected chi connectivity index (χ0v) is 8.68. The smallest absolute Gasteiger partial charge is 0.0698 e. The summed E-state index contributed by atoms with van der Waals surface area (Å²) in [5.74, 6) is 0. The molecule has 0 aromatic carbocycles. The van der Waals surface area contributed by atoms with Gasteiger partial charge in [-0.2, -0.15) is 0 Å². The lowest BCUT2D eigenvalue weighted by atomic mass is 10.4. The number of piperazine rings is 1. The molecule has 5 heteroatoms. The topological polar surface area (TPSA) is 44.7 Å². The van der Waals surface area contributed by atoms with Crippen LogP contribution in [0.25, 0.3) is 0 Å². The van der Waals surface area contributed by atoms with Crippen LogP contribution in [0.5, 0.6) is 0 Å². The van der Waals surface area contributed by atoms with E-state index in [0.29, 0.717) is 6.61 Å². The summed E-state index contributed by atoms with van der Waals surface area (Å²) in [4.78, 5) is 2.37. The third-order valence-electron chi connectivity index (χ3n) is 2.00. The minimum Gasteiger partial charge on any atom is -0.394 e. The van der Waals surface area contributed by atoms with Crippen molar-refractivity contribution in [2.24, 2.45) is 0 Å². The molecule has 13 heavy (non-hydrogen) atoms. The van der Waals surface area contributed by atoms with Crippen molar-refractivity contribution in [2.45, 2.75) is 0 Å². The van der Waals surface area contributed by atoms with E-state index < -0.39 is 0 Å². The molecule has 2 N–H and O–H groups in total. The molecule has 0 amide bonds. The molecule has 4 nitrogen and oxygen atoms in total. The summed E-state index contributed by atoms with van der Waals surface area (Å²) in [6.07, 6.45) is 0. The molecule has 0 spiro atoms. The number of halogens is 1. The first-order valence-electron chi connectivity index (χ1n) is 4.55. The van der Waals surface area contributed by atoms with Crippen LogP contribution in [-0.4, -0.2) is 62.6 Å². The van der Waals surface area contributed by atoms with Gasteiger partial charge in [-0.1, -0.05) is 0 Å². The van der Waals surface area contributed by atoms with Crippen LogP contribution in [0.1, 0.15) is 0 Å². The third kappa shape index (κ3) is 6.23. The van der Waals surface area contributed by atoms with E-state index >= 15 is 0 Å². The molecule has 0 aromatic heterocycles. The highest BCUT2D eigenvalue weighted by Gasteiger charge is 2.07. The number of aliphatic hydroxyl groups excluding tert-OH is 1. The van der Waals surface area contributed by atoms with Gasteiger partial charge in [0.25, 0.3) is 0 Å². The highest BCUT2D eigenvalue weighted by molar-refractivity contribution is 5.85. The van der Waals surface area contributed by atoms with Crippen LogP contribution in [0, 0.1) is 0 Å². The standard InChI is InChI=1S/C8H18N2O2.ClH/c11-6-8-12-7-5-10-3-1-9-2-4-10;/h9,11H,1-8H2;1H. The minimum absolute atomic E-state index is 0. The van der Waals surface area contributed by atoms with E-state index in [4.69, 9.17) is 9.84 Å². The lowest BCUT2D eigenvalue weighted by Gasteiger charge is -2.26. The van der Waals surface area contributed by atoms with Crippen molar-refractivity contribution in [3.05, 3.63) is 0 Å². The maximum atomic E-state index is 8.45. The fraction of sp³-hybridized carbons (Fsp3) is 1.00. The van der Waals surface area contributed by atoms with Gasteiger partial charge in [-0.25, -0.2) is 0 Å². The quantitative estimate of drug-likeness (QED) is 0.591. The van der Waals surface area contributed by atoms with Crippen LogP contribution in [0.2, 0.25) is 0 Å². The highest BCUT2D eigenvalue weighted by Crippen LogP contribution is 1.91. The van der Waals surface area contributed by atoms with Gasteiger partial charge in [0.2, 0.25) is 0 Å².